The van der Waals surface area contributed by atoms with E-state index in [1.165, 1.54) is 14.0 Å². The van der Waals surface area contributed by atoms with Crippen LogP contribution in [0.3, 0.4) is 0 Å². The van der Waals surface area contributed by atoms with Gasteiger partial charge in [0.05, 0.1) is 12.8 Å². The maximum atomic E-state index is 11.2. The van der Waals surface area contributed by atoms with Crippen LogP contribution in [-0.2, 0) is 11.2 Å². The molecule has 0 fully saturated rings. The van der Waals surface area contributed by atoms with Crippen molar-refractivity contribution in [3.63, 3.8) is 0 Å². The molecule has 0 aliphatic carbocycles. The van der Waals surface area contributed by atoms with Crippen LogP contribution in [-0.4, -0.2) is 24.7 Å². The summed E-state index contributed by atoms with van der Waals surface area (Å²) in [5.74, 6) is 0.383. The van der Waals surface area contributed by atoms with Crippen molar-refractivity contribution >= 4 is 23.2 Å². The zero-order valence-electron chi connectivity index (χ0n) is 9.92. The highest BCUT2D eigenvalue weighted by Gasteiger charge is 2.13. The summed E-state index contributed by atoms with van der Waals surface area (Å²) >= 11 is 6.09. The van der Waals surface area contributed by atoms with Gasteiger partial charge in [-0.3, -0.25) is 4.79 Å². The summed E-state index contributed by atoms with van der Waals surface area (Å²) in [4.78, 5) is 11.2. The van der Waals surface area contributed by atoms with E-state index >= 15 is 0 Å². The van der Waals surface area contributed by atoms with Gasteiger partial charge in [0.25, 0.3) is 0 Å². The Kier molecular flexibility index (Phi) is 5.25. The molecule has 0 radical (unpaired) electrons. The number of aliphatic hydroxyl groups excluding tert-OH is 1. The summed E-state index contributed by atoms with van der Waals surface area (Å²) in [5.41, 5.74) is 1.37. The van der Waals surface area contributed by atoms with E-state index in [2.05, 4.69) is 5.32 Å². The summed E-state index contributed by atoms with van der Waals surface area (Å²) in [5, 5.41) is 12.1. The van der Waals surface area contributed by atoms with Crippen LogP contribution in [0.2, 0.25) is 5.02 Å². The van der Waals surface area contributed by atoms with Crippen LogP contribution in [0.4, 0.5) is 5.69 Å². The number of nitrogens with one attached hydrogen (secondary N) is 1. The minimum absolute atomic E-state index is 0.0764. The fourth-order valence-electron chi connectivity index (χ4n) is 1.58. The van der Waals surface area contributed by atoms with Crippen LogP contribution in [0.1, 0.15) is 18.9 Å². The highest BCUT2D eigenvalue weighted by Crippen LogP contribution is 2.34. The van der Waals surface area contributed by atoms with Gasteiger partial charge in [-0.2, -0.15) is 0 Å². The highest BCUT2D eigenvalue weighted by molar-refractivity contribution is 6.32. The van der Waals surface area contributed by atoms with Gasteiger partial charge in [-0.25, -0.2) is 0 Å². The topological polar surface area (TPSA) is 58.6 Å². The monoisotopic (exact) mass is 257 g/mol. The molecule has 0 aromatic heterocycles. The van der Waals surface area contributed by atoms with Gasteiger partial charge in [-0.05, 0) is 30.5 Å². The number of ether oxygens (including phenoxy) is 1. The first kappa shape index (κ1) is 13.8. The number of aliphatic hydroxyl groups is 1. The molecule has 0 heterocycles. The number of amides is 1. The summed E-state index contributed by atoms with van der Waals surface area (Å²) < 4.78 is 5.19. The lowest BCUT2D eigenvalue weighted by atomic mass is 10.1. The molecule has 0 spiro atoms. The molecule has 2 N–H and O–H groups in total. The third-order valence-corrected chi connectivity index (χ3v) is 2.68. The zero-order chi connectivity index (χ0) is 12.8. The van der Waals surface area contributed by atoms with E-state index in [9.17, 15) is 4.79 Å². The molecule has 4 nitrogen and oxygen atoms in total. The van der Waals surface area contributed by atoms with Crippen molar-refractivity contribution in [2.75, 3.05) is 19.0 Å². The van der Waals surface area contributed by atoms with Crippen molar-refractivity contribution in [1.82, 2.24) is 0 Å². The minimum atomic E-state index is -0.184. The van der Waals surface area contributed by atoms with Gasteiger partial charge in [-0.1, -0.05) is 11.6 Å². The summed E-state index contributed by atoms with van der Waals surface area (Å²) in [6.45, 7) is 1.50. The molecule has 0 unspecified atom stereocenters. The lowest BCUT2D eigenvalue weighted by Gasteiger charge is -2.15. The fourth-order valence-corrected chi connectivity index (χ4v) is 1.84. The number of carbonyl (C=O) groups is 1. The number of anilines is 1. The number of hydrogen-bond acceptors (Lipinski definition) is 3. The second kappa shape index (κ2) is 6.47. The summed E-state index contributed by atoms with van der Waals surface area (Å²) in [6.07, 6.45) is 1.17. The molecule has 0 bridgehead atoms. The molecule has 0 aliphatic heterocycles. The Balaban J connectivity index is 3.16. The number of carbonyl (C=O) groups excluding carboxylic acids is 1. The molecule has 1 aromatic rings. The molecule has 94 valence electrons. The van der Waals surface area contributed by atoms with E-state index in [1.807, 2.05) is 0 Å². The summed E-state index contributed by atoms with van der Waals surface area (Å²) in [6, 6.07) is 3.43. The van der Waals surface area contributed by atoms with Crippen LogP contribution < -0.4 is 10.1 Å². The number of benzene rings is 1. The maximum Gasteiger partial charge on any atom is 0.221 e. The van der Waals surface area contributed by atoms with Gasteiger partial charge < -0.3 is 15.2 Å². The molecular weight excluding hydrogens is 242 g/mol. The standard InChI is InChI=1S/C12H16ClNO3/c1-8(16)14-12-9(4-3-7-15)10(13)5-6-11(12)17-2/h5-6,15H,3-4,7H2,1-2H3,(H,14,16). The quantitative estimate of drug-likeness (QED) is 0.851. The third-order valence-electron chi connectivity index (χ3n) is 2.32. The predicted molar refractivity (Wildman–Crippen MR) is 67.7 cm³/mol. The van der Waals surface area contributed by atoms with Crippen molar-refractivity contribution in [3.05, 3.63) is 22.7 Å². The molecular formula is C12H16ClNO3. The summed E-state index contributed by atoms with van der Waals surface area (Å²) in [7, 11) is 1.53. The van der Waals surface area contributed by atoms with Gasteiger partial charge >= 0.3 is 0 Å². The fraction of sp³-hybridized carbons (Fsp3) is 0.417. The first-order chi connectivity index (χ1) is 8.10. The van der Waals surface area contributed by atoms with E-state index in [1.54, 1.807) is 12.1 Å². The van der Waals surface area contributed by atoms with E-state index in [-0.39, 0.29) is 12.5 Å². The largest absolute Gasteiger partial charge is 0.495 e. The first-order valence-corrected chi connectivity index (χ1v) is 5.71. The molecule has 0 saturated heterocycles. The van der Waals surface area contributed by atoms with Crippen molar-refractivity contribution in [2.45, 2.75) is 19.8 Å². The van der Waals surface area contributed by atoms with Crippen molar-refractivity contribution < 1.29 is 14.6 Å². The Hall–Kier alpha value is -1.26. The first-order valence-electron chi connectivity index (χ1n) is 5.34. The van der Waals surface area contributed by atoms with Gasteiger partial charge in [0.15, 0.2) is 0 Å². The van der Waals surface area contributed by atoms with Gasteiger partial charge in [-0.15, -0.1) is 0 Å². The number of hydrogen-bond donors (Lipinski definition) is 2. The van der Waals surface area contributed by atoms with Crippen molar-refractivity contribution in [2.24, 2.45) is 0 Å². The molecule has 1 aromatic carbocycles. The number of methoxy groups -OCH3 is 1. The Bertz CT molecular complexity index is 407. The van der Waals surface area contributed by atoms with Gasteiger partial charge in [0.2, 0.25) is 5.91 Å². The van der Waals surface area contributed by atoms with E-state index in [4.69, 9.17) is 21.4 Å². The maximum absolute atomic E-state index is 11.2. The van der Waals surface area contributed by atoms with Crippen LogP contribution in [0.15, 0.2) is 12.1 Å². The van der Waals surface area contributed by atoms with E-state index in [0.717, 1.165) is 5.56 Å². The Labute approximate surface area is 106 Å². The molecule has 0 aliphatic rings. The van der Waals surface area contributed by atoms with Crippen LogP contribution >= 0.6 is 11.6 Å². The molecule has 1 amide bonds. The lowest BCUT2D eigenvalue weighted by Crippen LogP contribution is -2.10. The average molecular weight is 258 g/mol. The van der Waals surface area contributed by atoms with Gasteiger partial charge in [0, 0.05) is 18.6 Å². The second-order valence-corrected chi connectivity index (χ2v) is 4.02. The van der Waals surface area contributed by atoms with E-state index in [0.29, 0.717) is 29.3 Å². The average Bonchev–Trinajstić information content (AvgIpc) is 2.28. The Morgan fingerprint density at radius 3 is 2.76 bits per heavy atom. The number of halogens is 1. The van der Waals surface area contributed by atoms with Crippen LogP contribution in [0.25, 0.3) is 0 Å². The van der Waals surface area contributed by atoms with Gasteiger partial charge in [0.1, 0.15) is 5.75 Å². The smallest absolute Gasteiger partial charge is 0.221 e. The second-order valence-electron chi connectivity index (χ2n) is 3.61. The number of rotatable bonds is 5. The third kappa shape index (κ3) is 3.61. The SMILES string of the molecule is COc1ccc(Cl)c(CCCO)c1NC(C)=O. The molecule has 0 atom stereocenters. The Morgan fingerprint density at radius 1 is 1.53 bits per heavy atom. The minimum Gasteiger partial charge on any atom is -0.495 e. The van der Waals surface area contributed by atoms with Crippen molar-refractivity contribution in [1.29, 1.82) is 0 Å². The highest BCUT2D eigenvalue weighted by atomic mass is 35.5. The molecule has 17 heavy (non-hydrogen) atoms. The van der Waals surface area contributed by atoms with Crippen LogP contribution in [0, 0.1) is 0 Å². The molecule has 1 rings (SSSR count). The van der Waals surface area contributed by atoms with Crippen molar-refractivity contribution in [3.8, 4) is 5.75 Å². The lowest BCUT2D eigenvalue weighted by molar-refractivity contribution is -0.114. The zero-order valence-corrected chi connectivity index (χ0v) is 10.7. The normalized spacial score (nSPS) is 10.1. The molecule has 0 saturated carbocycles. The Morgan fingerprint density at radius 2 is 2.24 bits per heavy atom. The molecule has 5 heteroatoms. The van der Waals surface area contributed by atoms with E-state index < -0.39 is 0 Å². The predicted octanol–water partition coefficient (Wildman–Crippen LogP) is 2.23. The van der Waals surface area contributed by atoms with Crippen LogP contribution in [0.5, 0.6) is 5.75 Å².